The number of hydrogen-bond donors (Lipinski definition) is 0. The van der Waals surface area contributed by atoms with E-state index < -0.39 is 0 Å². The van der Waals surface area contributed by atoms with E-state index in [1.54, 1.807) is 0 Å². The van der Waals surface area contributed by atoms with Gasteiger partial charge in [-0.2, -0.15) is 10.5 Å². The molecule has 0 unspecified atom stereocenters. The largest absolute Gasteiger partial charge is 2.00 e. The van der Waals surface area contributed by atoms with E-state index >= 15 is 0 Å². The van der Waals surface area contributed by atoms with Crippen molar-refractivity contribution in [2.75, 3.05) is 0 Å². The van der Waals surface area contributed by atoms with Crippen LogP contribution in [0, 0.1) is 22.7 Å². The van der Waals surface area contributed by atoms with Crippen LogP contribution in [0.1, 0.15) is 11.1 Å². The first-order valence-corrected chi connectivity index (χ1v) is 8.77. The van der Waals surface area contributed by atoms with Crippen molar-refractivity contribution in [2.24, 2.45) is 0 Å². The SMILES string of the molecule is N#CC(=C([SH2+])[SH2+])c1ccccc1.N#CC(=C([SH2+])[SH2+])c1ccccc1.[Ni+2]. The standard InChI is InChI=1S/2C9H7NS2.Ni/c2*10-6-8(9(11)12)7-4-2-1-3-5-7;/h2*1-5,11-12H;/q;;+2/p+4. The topological polar surface area (TPSA) is 47.6 Å². The third-order valence-electron chi connectivity index (χ3n) is 2.85. The summed E-state index contributed by atoms with van der Waals surface area (Å²) < 4.78 is 1.34. The molecule has 25 heavy (non-hydrogen) atoms. The Morgan fingerprint density at radius 2 is 0.880 bits per heavy atom. The summed E-state index contributed by atoms with van der Waals surface area (Å²) in [4.78, 5) is 0. The molecular formula is C18H18N2NiS4+6. The number of nitrogens with zero attached hydrogens (tertiary/aromatic N) is 2. The Balaban J connectivity index is 0.000000443. The summed E-state index contributed by atoms with van der Waals surface area (Å²) in [5.41, 5.74) is 3.01. The van der Waals surface area contributed by atoms with E-state index in [-0.39, 0.29) is 16.5 Å². The Morgan fingerprint density at radius 1 is 0.600 bits per heavy atom. The second-order valence-electron chi connectivity index (χ2n) is 4.46. The monoisotopic (exact) mass is 448 g/mol. The smallest absolute Gasteiger partial charge is 0.192 e. The van der Waals surface area contributed by atoms with Crippen LogP contribution in [0.4, 0.5) is 0 Å². The van der Waals surface area contributed by atoms with Crippen molar-refractivity contribution in [3.63, 3.8) is 0 Å². The maximum absolute atomic E-state index is 8.78. The third kappa shape index (κ3) is 8.14. The van der Waals surface area contributed by atoms with Gasteiger partial charge >= 0.3 is 25.0 Å². The van der Waals surface area contributed by atoms with Gasteiger partial charge < -0.3 is 0 Å². The van der Waals surface area contributed by atoms with Gasteiger partial charge in [-0.15, -0.1) is 0 Å². The molecule has 0 atom stereocenters. The van der Waals surface area contributed by atoms with Gasteiger partial charge in [-0.3, -0.25) is 0 Å². The van der Waals surface area contributed by atoms with Crippen LogP contribution < -0.4 is 0 Å². The van der Waals surface area contributed by atoms with Crippen molar-refractivity contribution in [1.82, 2.24) is 0 Å². The van der Waals surface area contributed by atoms with Crippen LogP contribution in [0.25, 0.3) is 11.1 Å². The minimum Gasteiger partial charge on any atom is -0.192 e. The van der Waals surface area contributed by atoms with Gasteiger partial charge in [0.1, 0.15) is 12.1 Å². The van der Waals surface area contributed by atoms with Gasteiger partial charge in [0.15, 0.2) is 11.1 Å². The molecule has 0 amide bonds. The predicted octanol–water partition coefficient (Wildman–Crippen LogP) is 1.80. The van der Waals surface area contributed by atoms with Crippen LogP contribution in [0.3, 0.4) is 0 Å². The molecule has 0 aliphatic heterocycles. The first-order valence-electron chi connectivity index (χ1n) is 6.77. The second kappa shape index (κ2) is 13.1. The van der Waals surface area contributed by atoms with E-state index in [1.807, 2.05) is 60.7 Å². The van der Waals surface area contributed by atoms with Crippen LogP contribution in [-0.4, -0.2) is 0 Å². The zero-order valence-corrected chi connectivity index (χ0v) is 18.0. The Kier molecular flexibility index (Phi) is 12.4. The molecule has 0 fully saturated rings. The van der Waals surface area contributed by atoms with Gasteiger partial charge in [0, 0.05) is 61.6 Å². The summed E-state index contributed by atoms with van der Waals surface area (Å²) in [7, 11) is 0. The van der Waals surface area contributed by atoms with Crippen molar-refractivity contribution in [3.8, 4) is 12.1 Å². The molecule has 2 rings (SSSR count). The Morgan fingerprint density at radius 3 is 1.08 bits per heavy atom. The summed E-state index contributed by atoms with van der Waals surface area (Å²) in [5, 5.41) is 17.6. The molecule has 0 saturated heterocycles. The molecule has 0 heterocycles. The Bertz CT molecular complexity index is 740. The average Bonchev–Trinajstić information content (AvgIpc) is 2.58. The van der Waals surface area contributed by atoms with Crippen molar-refractivity contribution < 1.29 is 16.5 Å². The molecule has 2 aromatic rings. The molecule has 128 valence electrons. The van der Waals surface area contributed by atoms with Gasteiger partial charge in [0.25, 0.3) is 0 Å². The molecule has 0 spiro atoms. The van der Waals surface area contributed by atoms with E-state index in [0.29, 0.717) is 19.6 Å². The number of rotatable bonds is 2. The fourth-order valence-electron chi connectivity index (χ4n) is 1.74. The van der Waals surface area contributed by atoms with Gasteiger partial charge in [-0.25, -0.2) is 0 Å². The van der Waals surface area contributed by atoms with Gasteiger partial charge in [-0.05, 0) is 0 Å². The second-order valence-corrected chi connectivity index (χ2v) is 7.46. The average molecular weight is 449 g/mol. The van der Waals surface area contributed by atoms with Crippen LogP contribution in [0.2, 0.25) is 0 Å². The van der Waals surface area contributed by atoms with Crippen molar-refractivity contribution >= 4 is 61.7 Å². The van der Waals surface area contributed by atoms with E-state index in [2.05, 4.69) is 62.7 Å². The zero-order valence-electron chi connectivity index (χ0n) is 13.0. The maximum Gasteiger partial charge on any atom is 2.00 e. The molecule has 2 aromatic carbocycles. The summed E-state index contributed by atoms with van der Waals surface area (Å²) >= 11 is 13.0. The third-order valence-corrected chi connectivity index (χ3v) is 3.85. The van der Waals surface area contributed by atoms with Gasteiger partial charge in [-0.1, -0.05) is 60.7 Å². The number of benzene rings is 2. The molecule has 0 saturated carbocycles. The first-order chi connectivity index (χ1) is 11.5. The predicted molar refractivity (Wildman–Crippen MR) is 119 cm³/mol. The molecule has 0 aliphatic carbocycles. The number of nitriles is 2. The summed E-state index contributed by atoms with van der Waals surface area (Å²) in [6.07, 6.45) is 0. The molecule has 7 heteroatoms. The Labute approximate surface area is 180 Å². The van der Waals surface area contributed by atoms with E-state index in [4.69, 9.17) is 10.5 Å². The van der Waals surface area contributed by atoms with Crippen molar-refractivity contribution in [2.45, 2.75) is 0 Å². The number of allylic oxidation sites excluding steroid dienone is 2. The molecule has 0 radical (unpaired) electrons. The molecule has 0 bridgehead atoms. The van der Waals surface area contributed by atoms with E-state index in [0.717, 1.165) is 11.1 Å². The molecule has 2 nitrogen and oxygen atoms in total. The van der Waals surface area contributed by atoms with Crippen LogP contribution in [0.15, 0.2) is 69.1 Å². The van der Waals surface area contributed by atoms with Gasteiger partial charge in [0.2, 0.25) is 0 Å². The Hall–Kier alpha value is -1.21. The summed E-state index contributed by atoms with van der Waals surface area (Å²) in [6.45, 7) is 0. The zero-order chi connectivity index (χ0) is 17.9. The minimum absolute atomic E-state index is 0. The van der Waals surface area contributed by atoms with E-state index in [1.165, 1.54) is 0 Å². The summed E-state index contributed by atoms with van der Waals surface area (Å²) in [6, 6.07) is 23.2. The molecule has 0 aromatic heterocycles. The fraction of sp³-hybridized carbons (Fsp3) is 0. The van der Waals surface area contributed by atoms with Gasteiger partial charge in [0.05, 0.1) is 0 Å². The molecular weight excluding hydrogens is 431 g/mol. The quantitative estimate of drug-likeness (QED) is 0.399. The van der Waals surface area contributed by atoms with Crippen LogP contribution >= 0.6 is 0 Å². The minimum atomic E-state index is 0. The molecule has 0 aliphatic rings. The van der Waals surface area contributed by atoms with Crippen LogP contribution in [-0.2, 0) is 67.0 Å². The first kappa shape index (κ1) is 23.8. The summed E-state index contributed by atoms with van der Waals surface area (Å²) in [5.74, 6) is 0. The van der Waals surface area contributed by atoms with E-state index in [9.17, 15) is 0 Å². The fourth-order valence-corrected chi connectivity index (χ4v) is 2.54. The van der Waals surface area contributed by atoms with Crippen molar-refractivity contribution in [3.05, 3.63) is 80.3 Å². The molecule has 0 N–H and O–H groups in total. The van der Waals surface area contributed by atoms with Crippen LogP contribution in [0.5, 0.6) is 0 Å². The normalized spacial score (nSPS) is 8.40. The maximum atomic E-state index is 8.78. The van der Waals surface area contributed by atoms with Crippen molar-refractivity contribution in [1.29, 1.82) is 10.5 Å². The number of hydrogen-bond acceptors (Lipinski definition) is 2.